The van der Waals surface area contributed by atoms with Gasteiger partial charge in [-0.3, -0.25) is 0 Å². The SMILES string of the molecule is COc1cc(CO)ccc1OCc1cccnc1N. The molecule has 1 aromatic carbocycles. The zero-order chi connectivity index (χ0) is 13.7. The van der Waals surface area contributed by atoms with Crippen LogP contribution in [0.4, 0.5) is 5.82 Å². The first-order valence-electron chi connectivity index (χ1n) is 5.84. The molecular weight excluding hydrogens is 244 g/mol. The Bertz CT molecular complexity index is 558. The molecule has 0 saturated heterocycles. The highest BCUT2D eigenvalue weighted by Crippen LogP contribution is 2.29. The lowest BCUT2D eigenvalue weighted by molar-refractivity contribution is 0.274. The quantitative estimate of drug-likeness (QED) is 0.856. The van der Waals surface area contributed by atoms with E-state index in [2.05, 4.69) is 4.98 Å². The topological polar surface area (TPSA) is 77.6 Å². The van der Waals surface area contributed by atoms with Crippen LogP contribution < -0.4 is 15.2 Å². The van der Waals surface area contributed by atoms with Crippen LogP contribution in [-0.2, 0) is 13.2 Å². The van der Waals surface area contributed by atoms with Gasteiger partial charge in [0.25, 0.3) is 0 Å². The minimum Gasteiger partial charge on any atom is -0.493 e. The number of hydrogen-bond donors (Lipinski definition) is 2. The number of methoxy groups -OCH3 is 1. The van der Waals surface area contributed by atoms with Crippen molar-refractivity contribution in [3.05, 3.63) is 47.7 Å². The molecule has 0 fully saturated rings. The maximum atomic E-state index is 9.07. The first kappa shape index (κ1) is 13.2. The lowest BCUT2D eigenvalue weighted by Crippen LogP contribution is -2.03. The standard InChI is InChI=1S/C14H16N2O3/c1-18-13-7-10(8-17)4-5-12(13)19-9-11-3-2-6-16-14(11)15/h2-7,17H,8-9H2,1H3,(H2,15,16). The van der Waals surface area contributed by atoms with E-state index in [-0.39, 0.29) is 6.61 Å². The lowest BCUT2D eigenvalue weighted by atomic mass is 10.2. The zero-order valence-corrected chi connectivity index (χ0v) is 10.7. The van der Waals surface area contributed by atoms with E-state index in [4.69, 9.17) is 20.3 Å². The van der Waals surface area contributed by atoms with Gasteiger partial charge in [0.1, 0.15) is 12.4 Å². The van der Waals surface area contributed by atoms with Crippen LogP contribution >= 0.6 is 0 Å². The van der Waals surface area contributed by atoms with Gasteiger partial charge >= 0.3 is 0 Å². The van der Waals surface area contributed by atoms with Gasteiger partial charge in [-0.15, -0.1) is 0 Å². The second-order valence-electron chi connectivity index (χ2n) is 3.98. The Labute approximate surface area is 111 Å². The second-order valence-corrected chi connectivity index (χ2v) is 3.98. The lowest BCUT2D eigenvalue weighted by Gasteiger charge is -2.12. The predicted octanol–water partition coefficient (Wildman–Crippen LogP) is 1.74. The Morgan fingerprint density at radius 2 is 2.11 bits per heavy atom. The predicted molar refractivity (Wildman–Crippen MR) is 71.9 cm³/mol. The number of hydrogen-bond acceptors (Lipinski definition) is 5. The van der Waals surface area contributed by atoms with Gasteiger partial charge in [0.2, 0.25) is 0 Å². The van der Waals surface area contributed by atoms with E-state index >= 15 is 0 Å². The minimum atomic E-state index is -0.0355. The summed E-state index contributed by atoms with van der Waals surface area (Å²) in [5, 5.41) is 9.07. The molecule has 0 amide bonds. The maximum Gasteiger partial charge on any atom is 0.161 e. The van der Waals surface area contributed by atoms with Gasteiger partial charge < -0.3 is 20.3 Å². The molecule has 0 radical (unpaired) electrons. The minimum absolute atomic E-state index is 0.0355. The van der Waals surface area contributed by atoms with E-state index in [1.165, 1.54) is 0 Å². The second kappa shape index (κ2) is 6.06. The molecule has 0 saturated carbocycles. The Balaban J connectivity index is 2.13. The molecule has 5 nitrogen and oxygen atoms in total. The van der Waals surface area contributed by atoms with Gasteiger partial charge in [-0.25, -0.2) is 4.98 Å². The fourth-order valence-corrected chi connectivity index (χ4v) is 1.66. The summed E-state index contributed by atoms with van der Waals surface area (Å²) in [6.45, 7) is 0.278. The normalized spacial score (nSPS) is 10.2. The van der Waals surface area contributed by atoms with Gasteiger partial charge in [0.15, 0.2) is 11.5 Å². The van der Waals surface area contributed by atoms with Crippen molar-refractivity contribution in [3.63, 3.8) is 0 Å². The molecule has 19 heavy (non-hydrogen) atoms. The van der Waals surface area contributed by atoms with Crippen LogP contribution in [0.5, 0.6) is 11.5 Å². The third-order valence-corrected chi connectivity index (χ3v) is 2.72. The molecule has 0 aliphatic rings. The molecule has 3 N–H and O–H groups in total. The summed E-state index contributed by atoms with van der Waals surface area (Å²) >= 11 is 0. The summed E-state index contributed by atoms with van der Waals surface area (Å²) < 4.78 is 10.9. The van der Waals surface area contributed by atoms with Gasteiger partial charge in [0, 0.05) is 11.8 Å². The van der Waals surface area contributed by atoms with E-state index in [9.17, 15) is 0 Å². The third-order valence-electron chi connectivity index (χ3n) is 2.72. The largest absolute Gasteiger partial charge is 0.493 e. The number of pyridine rings is 1. The zero-order valence-electron chi connectivity index (χ0n) is 10.7. The van der Waals surface area contributed by atoms with Gasteiger partial charge in [0.05, 0.1) is 13.7 Å². The maximum absolute atomic E-state index is 9.07. The molecule has 0 unspecified atom stereocenters. The van der Waals surface area contributed by atoms with Crippen molar-refractivity contribution < 1.29 is 14.6 Å². The Morgan fingerprint density at radius 3 is 2.79 bits per heavy atom. The molecule has 2 rings (SSSR count). The summed E-state index contributed by atoms with van der Waals surface area (Å²) in [5.41, 5.74) is 7.33. The molecule has 100 valence electrons. The summed E-state index contributed by atoms with van der Waals surface area (Å²) in [6, 6.07) is 8.95. The van der Waals surface area contributed by atoms with E-state index < -0.39 is 0 Å². The number of nitrogens with zero attached hydrogens (tertiary/aromatic N) is 1. The molecule has 5 heteroatoms. The highest BCUT2D eigenvalue weighted by Gasteiger charge is 2.07. The van der Waals surface area contributed by atoms with Crippen LogP contribution in [0, 0.1) is 0 Å². The first-order valence-corrected chi connectivity index (χ1v) is 5.84. The highest BCUT2D eigenvalue weighted by molar-refractivity contribution is 5.44. The number of aliphatic hydroxyl groups excluding tert-OH is 1. The molecule has 0 atom stereocenters. The fourth-order valence-electron chi connectivity index (χ4n) is 1.66. The Morgan fingerprint density at radius 1 is 1.26 bits per heavy atom. The molecule has 0 spiro atoms. The van der Waals surface area contributed by atoms with Crippen LogP contribution in [-0.4, -0.2) is 17.2 Å². The van der Waals surface area contributed by atoms with Crippen molar-refractivity contribution in [2.24, 2.45) is 0 Å². The summed E-state index contributed by atoms with van der Waals surface area (Å²) in [4.78, 5) is 3.99. The summed E-state index contributed by atoms with van der Waals surface area (Å²) in [7, 11) is 1.56. The average molecular weight is 260 g/mol. The van der Waals surface area contributed by atoms with Crippen molar-refractivity contribution in [2.45, 2.75) is 13.2 Å². The molecule has 1 aromatic heterocycles. The van der Waals surface area contributed by atoms with Crippen molar-refractivity contribution in [1.82, 2.24) is 4.98 Å². The van der Waals surface area contributed by atoms with Gasteiger partial charge in [-0.05, 0) is 23.8 Å². The highest BCUT2D eigenvalue weighted by atomic mass is 16.5. The number of nitrogens with two attached hydrogens (primary N) is 1. The first-order chi connectivity index (χ1) is 9.24. The number of aromatic nitrogens is 1. The van der Waals surface area contributed by atoms with E-state index in [0.717, 1.165) is 11.1 Å². The average Bonchev–Trinajstić information content (AvgIpc) is 2.46. The number of benzene rings is 1. The Kier molecular flexibility index (Phi) is 4.20. The smallest absolute Gasteiger partial charge is 0.161 e. The molecule has 0 aliphatic heterocycles. The van der Waals surface area contributed by atoms with Crippen LogP contribution in [0.3, 0.4) is 0 Å². The van der Waals surface area contributed by atoms with Crippen LogP contribution in [0.15, 0.2) is 36.5 Å². The van der Waals surface area contributed by atoms with Gasteiger partial charge in [-0.2, -0.15) is 0 Å². The molecule has 0 bridgehead atoms. The number of nitrogen functional groups attached to an aromatic ring is 1. The number of ether oxygens (including phenoxy) is 2. The number of rotatable bonds is 5. The molecule has 0 aliphatic carbocycles. The summed E-state index contributed by atoms with van der Waals surface area (Å²) in [6.07, 6.45) is 1.63. The Hall–Kier alpha value is -2.27. The molecule has 2 aromatic rings. The third kappa shape index (κ3) is 3.14. The van der Waals surface area contributed by atoms with E-state index in [1.54, 1.807) is 37.6 Å². The van der Waals surface area contributed by atoms with Crippen LogP contribution in [0.25, 0.3) is 0 Å². The van der Waals surface area contributed by atoms with Crippen LogP contribution in [0.1, 0.15) is 11.1 Å². The van der Waals surface area contributed by atoms with Crippen LogP contribution in [0.2, 0.25) is 0 Å². The summed E-state index contributed by atoms with van der Waals surface area (Å²) in [5.74, 6) is 1.63. The fraction of sp³-hybridized carbons (Fsp3) is 0.214. The molecular formula is C14H16N2O3. The number of anilines is 1. The van der Waals surface area contributed by atoms with Gasteiger partial charge in [-0.1, -0.05) is 12.1 Å². The van der Waals surface area contributed by atoms with E-state index in [1.807, 2.05) is 6.07 Å². The monoisotopic (exact) mass is 260 g/mol. The number of aliphatic hydroxyl groups is 1. The van der Waals surface area contributed by atoms with E-state index in [0.29, 0.717) is 23.9 Å². The van der Waals surface area contributed by atoms with Crippen molar-refractivity contribution in [3.8, 4) is 11.5 Å². The van der Waals surface area contributed by atoms with Crippen molar-refractivity contribution >= 4 is 5.82 Å². The molecule has 1 heterocycles. The van der Waals surface area contributed by atoms with Crippen molar-refractivity contribution in [1.29, 1.82) is 0 Å². The van der Waals surface area contributed by atoms with Crippen molar-refractivity contribution in [2.75, 3.05) is 12.8 Å².